The lowest BCUT2D eigenvalue weighted by atomic mass is 10.0. The number of anilines is 1. The highest BCUT2D eigenvalue weighted by Gasteiger charge is 2.54. The number of aromatic nitrogens is 2. The average molecular weight is 526 g/mol. The lowest BCUT2D eigenvalue weighted by Gasteiger charge is -2.49. The van der Waals surface area contributed by atoms with Crippen LogP contribution in [0.4, 0.5) is 5.13 Å². The molecule has 0 radical (unpaired) electrons. The molecule has 2 atom stereocenters. The number of nitrogens with zero attached hydrogens (tertiary/aromatic N) is 4. The van der Waals surface area contributed by atoms with Crippen molar-refractivity contribution in [1.29, 1.82) is 0 Å². The molecule has 2 aliphatic rings. The second-order valence-electron chi connectivity index (χ2n) is 8.06. The number of rotatable bonds is 7. The highest BCUT2D eigenvalue weighted by Crippen LogP contribution is 2.40. The van der Waals surface area contributed by atoms with E-state index in [1.807, 2.05) is 47.3 Å². The van der Waals surface area contributed by atoms with Crippen molar-refractivity contribution in [2.24, 2.45) is 5.16 Å². The maximum Gasteiger partial charge on any atom is 0.352 e. The first kappa shape index (κ1) is 23.8. The van der Waals surface area contributed by atoms with Gasteiger partial charge in [0.2, 0.25) is 0 Å². The maximum absolute atomic E-state index is 13.0. The number of hydrogen-bond acceptors (Lipinski definition) is 9. The number of carboxylic acid groups (broad SMARTS) is 1. The van der Waals surface area contributed by atoms with Gasteiger partial charge in [0, 0.05) is 28.2 Å². The van der Waals surface area contributed by atoms with E-state index in [1.165, 1.54) is 23.8 Å². The quantitative estimate of drug-likeness (QED) is 0.179. The number of pyridine rings is 1. The SMILES string of the molecule is CO/N=C(\C(=O)N[C@@H]1C(=O)N2C(C(=O)O)=C(C[n+]3ccc4ccccc4c3)CS[C@H]12)c1csc(N)n1. The molecule has 3 aromatic rings. The highest BCUT2D eigenvalue weighted by molar-refractivity contribution is 8.00. The first-order chi connectivity index (χ1) is 17.4. The Morgan fingerprint density at radius 3 is 2.81 bits per heavy atom. The monoisotopic (exact) mass is 525 g/mol. The van der Waals surface area contributed by atoms with E-state index in [-0.39, 0.29) is 22.2 Å². The maximum atomic E-state index is 13.0. The number of carbonyl (C=O) groups is 3. The predicted molar refractivity (Wildman–Crippen MR) is 134 cm³/mol. The fourth-order valence-corrected chi connectivity index (χ4v) is 6.09. The fraction of sp³-hybridized carbons (Fsp3) is 0.217. The minimum absolute atomic E-state index is 0.0482. The molecule has 0 spiro atoms. The van der Waals surface area contributed by atoms with Crippen LogP contribution >= 0.6 is 23.1 Å². The fourth-order valence-electron chi connectivity index (χ4n) is 4.20. The van der Waals surface area contributed by atoms with Crippen molar-refractivity contribution >= 4 is 62.5 Å². The van der Waals surface area contributed by atoms with Gasteiger partial charge in [0.15, 0.2) is 29.8 Å². The molecule has 2 aromatic heterocycles. The van der Waals surface area contributed by atoms with Gasteiger partial charge in [-0.3, -0.25) is 14.5 Å². The van der Waals surface area contributed by atoms with Crippen LogP contribution in [0, 0.1) is 0 Å². The molecule has 1 saturated heterocycles. The topological polar surface area (TPSA) is 151 Å². The van der Waals surface area contributed by atoms with E-state index in [2.05, 4.69) is 15.5 Å². The minimum atomic E-state index is -1.19. The van der Waals surface area contributed by atoms with Gasteiger partial charge in [-0.15, -0.1) is 23.1 Å². The molecule has 0 unspecified atom stereocenters. The Morgan fingerprint density at radius 1 is 1.33 bits per heavy atom. The standard InChI is InChI=1S/C23H20N6O5S2/c1-34-27-16(15-11-36-23(24)25-15)19(30)26-17-20(31)29-18(22(32)33)14(10-35-21(17)29)9-28-7-6-12-4-2-3-5-13(12)8-28/h2-8,11,17,21H,9-10H2,1H3,(H3-,24,25,26,30,32,33)/p+1/b27-16-/t17-,21-/m1/s1. The Kier molecular flexibility index (Phi) is 6.33. The molecule has 2 amide bonds. The third-order valence-electron chi connectivity index (χ3n) is 5.82. The van der Waals surface area contributed by atoms with Gasteiger partial charge in [0.05, 0.1) is 0 Å². The number of amides is 2. The van der Waals surface area contributed by atoms with Crippen LogP contribution in [0.1, 0.15) is 5.69 Å². The lowest BCUT2D eigenvalue weighted by molar-refractivity contribution is -0.687. The Hall–Kier alpha value is -3.97. The molecular weight excluding hydrogens is 504 g/mol. The molecule has 11 nitrogen and oxygen atoms in total. The largest absolute Gasteiger partial charge is 0.477 e. The number of thiazole rings is 1. The van der Waals surface area contributed by atoms with Gasteiger partial charge in [-0.05, 0) is 11.5 Å². The third-order valence-corrected chi connectivity index (χ3v) is 7.83. The Morgan fingerprint density at radius 2 is 2.11 bits per heavy atom. The van der Waals surface area contributed by atoms with E-state index in [1.54, 1.807) is 5.38 Å². The van der Waals surface area contributed by atoms with Gasteiger partial charge in [-0.25, -0.2) is 14.3 Å². The minimum Gasteiger partial charge on any atom is -0.477 e. The number of aliphatic carboxylic acids is 1. The van der Waals surface area contributed by atoms with Gasteiger partial charge < -0.3 is 21.0 Å². The van der Waals surface area contributed by atoms with Crippen LogP contribution in [0.2, 0.25) is 0 Å². The molecule has 4 heterocycles. The number of β-lactam (4-membered cyclic amide) rings is 1. The number of nitrogens with two attached hydrogens (primary N) is 1. The number of fused-ring (bicyclic) bond motifs is 2. The Bertz CT molecular complexity index is 1450. The summed E-state index contributed by atoms with van der Waals surface area (Å²) in [6, 6.07) is 8.93. The molecule has 0 bridgehead atoms. The molecule has 4 N–H and O–H groups in total. The molecule has 0 saturated carbocycles. The Balaban J connectivity index is 1.36. The number of oxime groups is 1. The normalized spacial score (nSPS) is 19.6. The highest BCUT2D eigenvalue weighted by atomic mass is 32.2. The van der Waals surface area contributed by atoms with Gasteiger partial charge in [-0.2, -0.15) is 0 Å². The number of hydrogen-bond donors (Lipinski definition) is 3. The summed E-state index contributed by atoms with van der Waals surface area (Å²) in [4.78, 5) is 48.2. The molecular formula is C23H21N6O5S2+. The van der Waals surface area contributed by atoms with Crippen molar-refractivity contribution in [1.82, 2.24) is 15.2 Å². The van der Waals surface area contributed by atoms with Crippen molar-refractivity contribution < 1.29 is 28.9 Å². The second-order valence-corrected chi connectivity index (χ2v) is 10.1. The third kappa shape index (κ3) is 4.27. The summed E-state index contributed by atoms with van der Waals surface area (Å²) in [6.45, 7) is 0.322. The van der Waals surface area contributed by atoms with Crippen molar-refractivity contribution in [3.8, 4) is 0 Å². The van der Waals surface area contributed by atoms with E-state index < -0.39 is 29.2 Å². The van der Waals surface area contributed by atoms with Crippen LogP contribution < -0.4 is 15.6 Å². The summed E-state index contributed by atoms with van der Waals surface area (Å²) in [6.07, 6.45) is 3.83. The van der Waals surface area contributed by atoms with E-state index in [0.717, 1.165) is 22.1 Å². The van der Waals surface area contributed by atoms with Gasteiger partial charge in [-0.1, -0.05) is 23.4 Å². The van der Waals surface area contributed by atoms with Crippen molar-refractivity contribution in [3.05, 3.63) is 65.1 Å². The molecule has 5 rings (SSSR count). The van der Waals surface area contributed by atoms with Crippen LogP contribution in [0.5, 0.6) is 0 Å². The van der Waals surface area contributed by atoms with Gasteiger partial charge in [0.25, 0.3) is 11.8 Å². The van der Waals surface area contributed by atoms with Gasteiger partial charge in [0.1, 0.15) is 29.9 Å². The average Bonchev–Trinajstić information content (AvgIpc) is 3.30. The summed E-state index contributed by atoms with van der Waals surface area (Å²) in [7, 11) is 1.29. The second kappa shape index (κ2) is 9.59. The number of carboxylic acids is 1. The van der Waals surface area contributed by atoms with Crippen LogP contribution in [-0.4, -0.2) is 62.8 Å². The molecule has 0 aliphatic carbocycles. The Labute approximate surface area is 213 Å². The summed E-state index contributed by atoms with van der Waals surface area (Å²) in [5.74, 6) is -1.97. The van der Waals surface area contributed by atoms with Crippen molar-refractivity contribution in [2.75, 3.05) is 18.6 Å². The van der Waals surface area contributed by atoms with Crippen molar-refractivity contribution in [3.63, 3.8) is 0 Å². The predicted octanol–water partition coefficient (Wildman–Crippen LogP) is 0.955. The molecule has 13 heteroatoms. The van der Waals surface area contributed by atoms with Crippen molar-refractivity contribution in [2.45, 2.75) is 18.0 Å². The molecule has 36 heavy (non-hydrogen) atoms. The lowest BCUT2D eigenvalue weighted by Crippen LogP contribution is -2.71. The van der Waals surface area contributed by atoms with Gasteiger partial charge >= 0.3 is 5.97 Å². The number of nitrogens with one attached hydrogen (secondary N) is 1. The first-order valence-electron chi connectivity index (χ1n) is 10.8. The van der Waals surface area contributed by atoms with Crippen LogP contribution in [0.3, 0.4) is 0 Å². The summed E-state index contributed by atoms with van der Waals surface area (Å²) < 4.78 is 1.90. The number of thioether (sulfide) groups is 1. The van der Waals surface area contributed by atoms with E-state index in [0.29, 0.717) is 17.9 Å². The molecule has 2 aliphatic heterocycles. The molecule has 1 aromatic carbocycles. The molecule has 1 fully saturated rings. The summed E-state index contributed by atoms with van der Waals surface area (Å²) >= 11 is 2.53. The first-order valence-corrected chi connectivity index (χ1v) is 12.7. The van der Waals surface area contributed by atoms with E-state index in [4.69, 9.17) is 10.6 Å². The number of nitrogen functional groups attached to an aromatic ring is 1. The van der Waals surface area contributed by atoms with E-state index >= 15 is 0 Å². The zero-order valence-electron chi connectivity index (χ0n) is 19.0. The zero-order chi connectivity index (χ0) is 25.4. The van der Waals surface area contributed by atoms with Crippen LogP contribution in [0.15, 0.2) is 64.5 Å². The molecule has 184 valence electrons. The van der Waals surface area contributed by atoms with Crippen LogP contribution in [0.25, 0.3) is 10.8 Å². The number of carbonyl (C=O) groups excluding carboxylic acids is 2. The summed E-state index contributed by atoms with van der Waals surface area (Å²) in [5, 5.41) is 19.7. The van der Waals surface area contributed by atoms with E-state index in [9.17, 15) is 19.5 Å². The zero-order valence-corrected chi connectivity index (χ0v) is 20.6. The summed E-state index contributed by atoms with van der Waals surface area (Å²) in [5.41, 5.74) is 6.31. The smallest absolute Gasteiger partial charge is 0.352 e. The number of benzene rings is 1. The van der Waals surface area contributed by atoms with Crippen LogP contribution in [-0.2, 0) is 25.8 Å².